The van der Waals surface area contributed by atoms with Crippen LogP contribution in [0.3, 0.4) is 0 Å². The largest absolute Gasteiger partial charge is 0.496 e. The molecule has 0 radical (unpaired) electrons. The number of benzene rings is 2. The van der Waals surface area contributed by atoms with E-state index in [1.807, 2.05) is 12.1 Å². The lowest BCUT2D eigenvalue weighted by atomic mass is 10.1. The number of carbonyl (C=O) groups is 2. The maximum Gasteiger partial charge on any atom is 0.337 e. The fraction of sp³-hybridized carbons (Fsp3) is 0.158. The van der Waals surface area contributed by atoms with Crippen molar-refractivity contribution in [2.75, 3.05) is 19.5 Å². The molecule has 1 amide bonds. The zero-order valence-corrected chi connectivity index (χ0v) is 14.0. The Hall–Kier alpha value is -3.12. The third-order valence-corrected chi connectivity index (χ3v) is 3.45. The molecule has 130 valence electrons. The second-order valence-electron chi connectivity index (χ2n) is 5.18. The van der Waals surface area contributed by atoms with Crippen LogP contribution in [0.15, 0.2) is 48.5 Å². The van der Waals surface area contributed by atoms with Crippen LogP contribution in [-0.4, -0.2) is 31.2 Å². The van der Waals surface area contributed by atoms with Crippen LogP contribution >= 0.6 is 0 Å². The number of carbonyl (C=O) groups excluding carboxylic acids is 1. The Morgan fingerprint density at radius 3 is 2.60 bits per heavy atom. The number of amides is 1. The van der Waals surface area contributed by atoms with Crippen molar-refractivity contribution < 1.29 is 24.2 Å². The minimum absolute atomic E-state index is 0.0380. The molecule has 0 aliphatic heterocycles. The summed E-state index contributed by atoms with van der Waals surface area (Å²) < 4.78 is 10.4. The molecule has 6 nitrogen and oxygen atoms in total. The van der Waals surface area contributed by atoms with Crippen LogP contribution in [0.4, 0.5) is 5.69 Å². The van der Waals surface area contributed by atoms with E-state index >= 15 is 0 Å². The third-order valence-electron chi connectivity index (χ3n) is 3.45. The van der Waals surface area contributed by atoms with E-state index in [0.717, 1.165) is 11.1 Å². The third kappa shape index (κ3) is 4.92. The first-order chi connectivity index (χ1) is 12.0. The molecular weight excluding hydrogens is 322 g/mol. The molecule has 2 rings (SSSR count). The van der Waals surface area contributed by atoms with Crippen molar-refractivity contribution in [1.82, 2.24) is 0 Å². The first-order valence-electron chi connectivity index (χ1n) is 7.52. The number of carboxylic acid groups (broad SMARTS) is 1. The van der Waals surface area contributed by atoms with Gasteiger partial charge in [0, 0.05) is 18.7 Å². The maximum atomic E-state index is 12.1. The topological polar surface area (TPSA) is 84.9 Å². The summed E-state index contributed by atoms with van der Waals surface area (Å²) in [5.41, 5.74) is 1.95. The zero-order chi connectivity index (χ0) is 18.2. The van der Waals surface area contributed by atoms with Gasteiger partial charge in [0.05, 0.1) is 25.0 Å². The van der Waals surface area contributed by atoms with Gasteiger partial charge in [-0.3, -0.25) is 4.79 Å². The summed E-state index contributed by atoms with van der Waals surface area (Å²) in [6.07, 6.45) is 2.98. The Labute approximate surface area is 145 Å². The smallest absolute Gasteiger partial charge is 0.337 e. The summed E-state index contributed by atoms with van der Waals surface area (Å²) in [6.45, 7) is 0.392. The lowest BCUT2D eigenvalue weighted by Gasteiger charge is -2.08. The highest BCUT2D eigenvalue weighted by molar-refractivity contribution is 6.06. The van der Waals surface area contributed by atoms with Crippen LogP contribution in [0, 0.1) is 0 Å². The van der Waals surface area contributed by atoms with Gasteiger partial charge in [-0.05, 0) is 35.9 Å². The summed E-state index contributed by atoms with van der Waals surface area (Å²) in [6, 6.07) is 11.7. The average Bonchev–Trinajstić information content (AvgIpc) is 2.61. The molecule has 0 spiro atoms. The molecule has 25 heavy (non-hydrogen) atoms. The van der Waals surface area contributed by atoms with Crippen LogP contribution in [0.2, 0.25) is 0 Å². The summed E-state index contributed by atoms with van der Waals surface area (Å²) in [4.78, 5) is 23.2. The molecule has 0 heterocycles. The first-order valence-corrected chi connectivity index (χ1v) is 7.52. The van der Waals surface area contributed by atoms with Gasteiger partial charge in [0.15, 0.2) is 0 Å². The molecule has 0 bridgehead atoms. The Kier molecular flexibility index (Phi) is 6.31. The SMILES string of the molecule is COCc1cc(/C=C/C(=O)Nc2ccccc2C(=O)O)ccc1OC. The molecule has 2 aromatic rings. The van der Waals surface area contributed by atoms with Crippen molar-refractivity contribution in [3.8, 4) is 5.75 Å². The molecule has 0 fully saturated rings. The van der Waals surface area contributed by atoms with E-state index in [1.165, 1.54) is 12.1 Å². The molecule has 0 atom stereocenters. The second kappa shape index (κ2) is 8.65. The number of para-hydroxylation sites is 1. The Bertz CT molecular complexity index is 798. The van der Waals surface area contributed by atoms with Gasteiger partial charge >= 0.3 is 5.97 Å². The van der Waals surface area contributed by atoms with Crippen molar-refractivity contribution in [2.45, 2.75) is 6.61 Å². The summed E-state index contributed by atoms with van der Waals surface area (Å²) in [7, 11) is 3.17. The molecule has 0 saturated carbocycles. The second-order valence-corrected chi connectivity index (χ2v) is 5.18. The van der Waals surface area contributed by atoms with Crippen LogP contribution in [0.1, 0.15) is 21.5 Å². The highest BCUT2D eigenvalue weighted by Crippen LogP contribution is 2.21. The van der Waals surface area contributed by atoms with Gasteiger partial charge in [-0.25, -0.2) is 4.79 Å². The van der Waals surface area contributed by atoms with E-state index in [2.05, 4.69) is 5.32 Å². The van der Waals surface area contributed by atoms with Gasteiger partial charge in [0.25, 0.3) is 0 Å². The molecule has 6 heteroatoms. The predicted octanol–water partition coefficient (Wildman–Crippen LogP) is 3.19. The minimum Gasteiger partial charge on any atom is -0.496 e. The zero-order valence-electron chi connectivity index (χ0n) is 14.0. The fourth-order valence-electron chi connectivity index (χ4n) is 2.30. The molecule has 0 saturated heterocycles. The van der Waals surface area contributed by atoms with E-state index in [9.17, 15) is 9.59 Å². The van der Waals surface area contributed by atoms with Crippen LogP contribution in [0.25, 0.3) is 6.08 Å². The summed E-state index contributed by atoms with van der Waals surface area (Å²) >= 11 is 0. The van der Waals surface area contributed by atoms with E-state index < -0.39 is 11.9 Å². The number of methoxy groups -OCH3 is 2. The predicted molar refractivity (Wildman–Crippen MR) is 94.8 cm³/mol. The van der Waals surface area contributed by atoms with Gasteiger partial charge in [0.2, 0.25) is 5.91 Å². The Balaban J connectivity index is 2.13. The van der Waals surface area contributed by atoms with Crippen molar-refractivity contribution in [1.29, 1.82) is 0 Å². The number of aromatic carboxylic acids is 1. The highest BCUT2D eigenvalue weighted by Gasteiger charge is 2.10. The quantitative estimate of drug-likeness (QED) is 0.756. The minimum atomic E-state index is -1.10. The number of hydrogen-bond donors (Lipinski definition) is 2. The first kappa shape index (κ1) is 18.2. The molecule has 2 N–H and O–H groups in total. The van der Waals surface area contributed by atoms with Crippen molar-refractivity contribution >= 4 is 23.6 Å². The van der Waals surface area contributed by atoms with Gasteiger partial charge in [-0.15, -0.1) is 0 Å². The number of hydrogen-bond acceptors (Lipinski definition) is 4. The van der Waals surface area contributed by atoms with Crippen molar-refractivity contribution in [2.24, 2.45) is 0 Å². The Morgan fingerprint density at radius 2 is 1.92 bits per heavy atom. The molecular formula is C19H19NO5. The van der Waals surface area contributed by atoms with E-state index in [-0.39, 0.29) is 11.3 Å². The van der Waals surface area contributed by atoms with Crippen LogP contribution in [0.5, 0.6) is 5.75 Å². The van der Waals surface area contributed by atoms with Crippen LogP contribution < -0.4 is 10.1 Å². The lowest BCUT2D eigenvalue weighted by Crippen LogP contribution is -2.11. The number of carboxylic acids is 1. The summed E-state index contributed by atoms with van der Waals surface area (Å²) in [5.74, 6) is -0.809. The average molecular weight is 341 g/mol. The van der Waals surface area contributed by atoms with Crippen molar-refractivity contribution in [3.05, 3.63) is 65.2 Å². The van der Waals surface area contributed by atoms with Crippen LogP contribution in [-0.2, 0) is 16.1 Å². The lowest BCUT2D eigenvalue weighted by molar-refractivity contribution is -0.111. The molecule has 0 aromatic heterocycles. The number of nitrogens with one attached hydrogen (secondary N) is 1. The number of anilines is 1. The van der Waals surface area contributed by atoms with Gasteiger partial charge < -0.3 is 19.9 Å². The molecule has 2 aromatic carbocycles. The molecule has 0 aliphatic rings. The van der Waals surface area contributed by atoms with E-state index in [4.69, 9.17) is 14.6 Å². The Morgan fingerprint density at radius 1 is 1.16 bits per heavy atom. The van der Waals surface area contributed by atoms with Gasteiger partial charge in [-0.2, -0.15) is 0 Å². The number of rotatable bonds is 7. The maximum absolute atomic E-state index is 12.1. The number of ether oxygens (including phenoxy) is 2. The monoisotopic (exact) mass is 341 g/mol. The van der Waals surface area contributed by atoms with Gasteiger partial charge in [-0.1, -0.05) is 18.2 Å². The molecule has 0 aliphatic carbocycles. The van der Waals surface area contributed by atoms with Crippen molar-refractivity contribution in [3.63, 3.8) is 0 Å². The fourth-order valence-corrected chi connectivity index (χ4v) is 2.30. The standard InChI is InChI=1S/C19H19NO5/c1-24-12-14-11-13(7-9-17(14)25-2)8-10-18(21)20-16-6-4-3-5-15(16)19(22)23/h3-11H,12H2,1-2H3,(H,20,21)(H,22,23)/b10-8+. The summed E-state index contributed by atoms with van der Waals surface area (Å²) in [5, 5.41) is 11.7. The normalized spacial score (nSPS) is 10.6. The molecule has 0 unspecified atom stereocenters. The highest BCUT2D eigenvalue weighted by atomic mass is 16.5. The van der Waals surface area contributed by atoms with Gasteiger partial charge in [0.1, 0.15) is 5.75 Å². The van der Waals surface area contributed by atoms with E-state index in [1.54, 1.807) is 44.6 Å². The van der Waals surface area contributed by atoms with E-state index in [0.29, 0.717) is 12.4 Å².